The van der Waals surface area contributed by atoms with Gasteiger partial charge in [-0.2, -0.15) is 0 Å². The van der Waals surface area contributed by atoms with Gasteiger partial charge in [-0.25, -0.2) is 4.79 Å². The molecule has 5 nitrogen and oxygen atoms in total. The molecule has 1 N–H and O–H groups in total. The summed E-state index contributed by atoms with van der Waals surface area (Å²) in [5, 5.41) is 10.5. The van der Waals surface area contributed by atoms with Crippen molar-refractivity contribution >= 4 is 11.8 Å². The molecule has 0 saturated carbocycles. The number of hydrogen-bond acceptors (Lipinski definition) is 5. The molecule has 2 aliphatic rings. The van der Waals surface area contributed by atoms with Crippen LogP contribution < -0.4 is 0 Å². The number of esters is 1. The lowest BCUT2D eigenvalue weighted by atomic mass is 9.89. The zero-order chi connectivity index (χ0) is 24.4. The SMILES string of the molecule is C/C=C/[C@@H]1O[C@H]([C@H](O)/C=C/C=C(\C)C[C@@H](C)/C=C(C)\C=C\[C@H]2CC=CC(=O)O2)CC(=O)[C@@H]1C.[HH]. The average molecular weight is 457 g/mol. The second-order valence-corrected chi connectivity index (χ2v) is 9.08. The molecule has 0 aromatic rings. The molecule has 0 radical (unpaired) electrons. The Bertz CT molecular complexity index is 864. The van der Waals surface area contributed by atoms with Gasteiger partial charge in [0.2, 0.25) is 0 Å². The minimum absolute atomic E-state index is 0. The molecular weight excluding hydrogens is 416 g/mol. The van der Waals surface area contributed by atoms with Crippen LogP contribution in [-0.2, 0) is 19.1 Å². The van der Waals surface area contributed by atoms with E-state index in [2.05, 4.69) is 19.9 Å². The van der Waals surface area contributed by atoms with Crippen LogP contribution in [0.25, 0.3) is 0 Å². The van der Waals surface area contributed by atoms with Gasteiger partial charge < -0.3 is 14.6 Å². The molecular formula is C28H40O5. The van der Waals surface area contributed by atoms with Crippen LogP contribution in [0.3, 0.4) is 0 Å². The fraction of sp³-hybridized carbons (Fsp3) is 0.500. The number of aliphatic hydroxyl groups is 1. The third-order valence-electron chi connectivity index (χ3n) is 5.84. The smallest absolute Gasteiger partial charge is 0.331 e. The van der Waals surface area contributed by atoms with Gasteiger partial charge >= 0.3 is 5.97 Å². The standard InChI is InChI=1S/C28H38O5.H2/c1-6-9-26-22(5)25(30)18-27(33-26)24(29)12-7-10-19(2)16-21(4)17-20(3)14-15-23-11-8-13-28(31)32-23;/h6-10,12-15,17,21-24,26-27,29H,11,16,18H2,1-5H3;1H/b9-6+,12-7+,15-14+,19-10+,20-17-;/t21-,22+,23-,24-,26+,27+;/m1./s1. The van der Waals surface area contributed by atoms with E-state index in [0.717, 1.165) is 12.0 Å². The normalized spacial score (nSPS) is 29.3. The van der Waals surface area contributed by atoms with Crippen LogP contribution in [-0.4, -0.2) is 41.3 Å². The fourth-order valence-corrected chi connectivity index (χ4v) is 4.05. The van der Waals surface area contributed by atoms with Crippen LogP contribution in [0.1, 0.15) is 55.3 Å². The van der Waals surface area contributed by atoms with Gasteiger partial charge in [-0.3, -0.25) is 4.79 Å². The molecule has 2 heterocycles. The summed E-state index contributed by atoms with van der Waals surface area (Å²) in [6.07, 6.45) is 18.7. The highest BCUT2D eigenvalue weighted by Gasteiger charge is 2.35. The minimum Gasteiger partial charge on any atom is -0.455 e. The Morgan fingerprint density at radius 3 is 2.76 bits per heavy atom. The molecule has 182 valence electrons. The maximum atomic E-state index is 12.2. The van der Waals surface area contributed by atoms with E-state index in [9.17, 15) is 14.7 Å². The van der Waals surface area contributed by atoms with Crippen LogP contribution >= 0.6 is 0 Å². The van der Waals surface area contributed by atoms with Crippen LogP contribution in [0.5, 0.6) is 0 Å². The highest BCUT2D eigenvalue weighted by Crippen LogP contribution is 2.25. The van der Waals surface area contributed by atoms with Gasteiger partial charge in [-0.05, 0) is 39.2 Å². The number of ether oxygens (including phenoxy) is 2. The average Bonchev–Trinajstić information content (AvgIpc) is 2.75. The van der Waals surface area contributed by atoms with Gasteiger partial charge in [0, 0.05) is 26.3 Å². The summed E-state index contributed by atoms with van der Waals surface area (Å²) in [4.78, 5) is 23.5. The highest BCUT2D eigenvalue weighted by atomic mass is 16.5. The third-order valence-corrected chi connectivity index (χ3v) is 5.84. The largest absolute Gasteiger partial charge is 0.455 e. The predicted molar refractivity (Wildman–Crippen MR) is 134 cm³/mol. The van der Waals surface area contributed by atoms with Gasteiger partial charge in [0.05, 0.1) is 18.3 Å². The van der Waals surface area contributed by atoms with Gasteiger partial charge in [-0.15, -0.1) is 0 Å². The Morgan fingerprint density at radius 2 is 2.06 bits per heavy atom. The molecule has 0 bridgehead atoms. The topological polar surface area (TPSA) is 72.8 Å². The maximum Gasteiger partial charge on any atom is 0.331 e. The van der Waals surface area contributed by atoms with E-state index < -0.39 is 12.2 Å². The van der Waals surface area contributed by atoms with E-state index >= 15 is 0 Å². The van der Waals surface area contributed by atoms with Gasteiger partial charge in [0.15, 0.2) is 0 Å². The maximum absolute atomic E-state index is 12.2. The zero-order valence-corrected chi connectivity index (χ0v) is 20.4. The van der Waals surface area contributed by atoms with Gasteiger partial charge in [-0.1, -0.05) is 73.6 Å². The van der Waals surface area contributed by atoms with E-state index in [-0.39, 0.29) is 37.7 Å². The highest BCUT2D eigenvalue weighted by molar-refractivity contribution is 5.83. The predicted octanol–water partition coefficient (Wildman–Crippen LogP) is 5.44. The molecule has 1 fully saturated rings. The van der Waals surface area contributed by atoms with Crippen molar-refractivity contribution in [3.8, 4) is 0 Å². The molecule has 6 atom stereocenters. The number of carbonyl (C=O) groups is 2. The number of aliphatic hydroxyl groups excluding tert-OH is 1. The second-order valence-electron chi connectivity index (χ2n) is 9.08. The number of allylic oxidation sites excluding steroid dienone is 7. The van der Waals surface area contributed by atoms with E-state index in [1.54, 1.807) is 6.08 Å². The summed E-state index contributed by atoms with van der Waals surface area (Å²) in [6, 6.07) is 0. The first-order chi connectivity index (χ1) is 15.7. The van der Waals surface area contributed by atoms with E-state index in [1.165, 1.54) is 11.6 Å². The number of Topliss-reactive ketones (excluding diaryl/α,β-unsaturated/α-hetero) is 1. The minimum atomic E-state index is -0.827. The van der Waals surface area contributed by atoms with Crippen molar-refractivity contribution in [1.29, 1.82) is 0 Å². The van der Waals surface area contributed by atoms with Crippen LogP contribution in [0, 0.1) is 11.8 Å². The lowest BCUT2D eigenvalue weighted by Crippen LogP contribution is -2.43. The van der Waals surface area contributed by atoms with E-state index in [4.69, 9.17) is 9.47 Å². The van der Waals surface area contributed by atoms with E-state index in [0.29, 0.717) is 12.3 Å². The number of cyclic esters (lactones) is 1. The van der Waals surface area contributed by atoms with Crippen molar-refractivity contribution in [2.75, 3.05) is 0 Å². The Hall–Kier alpha value is -2.50. The number of carbonyl (C=O) groups excluding carboxylic acids is 2. The van der Waals surface area contributed by atoms with Crippen LogP contribution in [0.2, 0.25) is 0 Å². The number of hydrogen-bond donors (Lipinski definition) is 1. The second kappa shape index (κ2) is 13.3. The molecule has 0 aromatic carbocycles. The van der Waals surface area contributed by atoms with Crippen molar-refractivity contribution in [2.45, 2.75) is 78.3 Å². The molecule has 2 rings (SSSR count). The first-order valence-corrected chi connectivity index (χ1v) is 11.8. The van der Waals surface area contributed by atoms with Gasteiger partial charge in [0.1, 0.15) is 11.9 Å². The third kappa shape index (κ3) is 9.10. The lowest BCUT2D eigenvalue weighted by Gasteiger charge is -2.33. The fourth-order valence-electron chi connectivity index (χ4n) is 4.05. The quantitative estimate of drug-likeness (QED) is 0.284. The molecule has 33 heavy (non-hydrogen) atoms. The molecule has 0 unspecified atom stereocenters. The zero-order valence-electron chi connectivity index (χ0n) is 20.4. The van der Waals surface area contributed by atoms with Crippen molar-refractivity contribution in [1.82, 2.24) is 0 Å². The number of rotatable bonds is 9. The molecule has 0 spiro atoms. The number of ketones is 1. The van der Waals surface area contributed by atoms with Crippen molar-refractivity contribution in [3.05, 3.63) is 71.9 Å². The Balaban J connectivity index is 0.00000578. The van der Waals surface area contributed by atoms with E-state index in [1.807, 2.05) is 63.3 Å². The first kappa shape index (κ1) is 26.7. The molecule has 0 aromatic heterocycles. The Kier molecular flexibility index (Phi) is 10.8. The monoisotopic (exact) mass is 456 g/mol. The molecule has 0 amide bonds. The van der Waals surface area contributed by atoms with Crippen molar-refractivity contribution < 1.29 is 25.6 Å². The Labute approximate surface area is 199 Å². The first-order valence-electron chi connectivity index (χ1n) is 11.8. The lowest BCUT2D eigenvalue weighted by molar-refractivity contribution is -0.147. The molecule has 2 aliphatic heterocycles. The molecule has 0 aliphatic carbocycles. The summed E-state index contributed by atoms with van der Waals surface area (Å²) in [5.74, 6) is -0.0196. The van der Waals surface area contributed by atoms with Gasteiger partial charge in [0.25, 0.3) is 0 Å². The molecule has 5 heteroatoms. The molecule has 1 saturated heterocycles. The van der Waals surface area contributed by atoms with Crippen LogP contribution in [0.15, 0.2) is 71.9 Å². The van der Waals surface area contributed by atoms with Crippen molar-refractivity contribution in [2.24, 2.45) is 11.8 Å². The summed E-state index contributed by atoms with van der Waals surface area (Å²) in [7, 11) is 0. The summed E-state index contributed by atoms with van der Waals surface area (Å²) in [6.45, 7) is 10.0. The summed E-state index contributed by atoms with van der Waals surface area (Å²) in [5.41, 5.74) is 2.31. The summed E-state index contributed by atoms with van der Waals surface area (Å²) >= 11 is 0. The van der Waals surface area contributed by atoms with Crippen molar-refractivity contribution in [3.63, 3.8) is 0 Å². The van der Waals surface area contributed by atoms with Crippen LogP contribution in [0.4, 0.5) is 0 Å². The summed E-state index contributed by atoms with van der Waals surface area (Å²) < 4.78 is 11.2. The Morgan fingerprint density at radius 1 is 1.30 bits per heavy atom.